The smallest absolute Gasteiger partial charge is 0.344 e. The van der Waals surface area contributed by atoms with Gasteiger partial charge in [-0.15, -0.1) is 0 Å². The van der Waals surface area contributed by atoms with Crippen LogP contribution in [0.3, 0.4) is 0 Å². The van der Waals surface area contributed by atoms with Crippen molar-refractivity contribution in [3.8, 4) is 0 Å². The van der Waals surface area contributed by atoms with Gasteiger partial charge in [-0.05, 0) is 6.07 Å². The van der Waals surface area contributed by atoms with Crippen LogP contribution >= 0.6 is 23.2 Å². The number of carbonyl (C=O) groups is 2. The van der Waals surface area contributed by atoms with E-state index in [0.29, 0.717) is 0 Å². The quantitative estimate of drug-likeness (QED) is 0.645. The maximum atomic E-state index is 10.9. The molecule has 0 atom stereocenters. The minimum Gasteiger partial charge on any atom is -0.477 e. The summed E-state index contributed by atoms with van der Waals surface area (Å²) >= 11 is 11.3. The lowest BCUT2D eigenvalue weighted by atomic mass is 10.0. The summed E-state index contributed by atoms with van der Waals surface area (Å²) in [6.07, 6.45) is -0.549. The highest BCUT2D eigenvalue weighted by atomic mass is 35.5. The third-order valence-corrected chi connectivity index (χ3v) is 2.69. The maximum absolute atomic E-state index is 10.9. The molecule has 0 aliphatic heterocycles. The van der Waals surface area contributed by atoms with Crippen molar-refractivity contribution in [2.45, 2.75) is 6.42 Å². The predicted octanol–water partition coefficient (Wildman–Crippen LogP) is 1.63. The lowest BCUT2D eigenvalue weighted by Crippen LogP contribution is -2.16. The number of amides is 1. The van der Waals surface area contributed by atoms with Crippen molar-refractivity contribution >= 4 is 40.8 Å². The standard InChI is InChI=1S/C9H6Cl2N2O5/c10-4-2-5(11)7(9(15)16)8(13(17)18)3(4)1-6(12)14/h2H,1H2,(H2,12,14)(H,15,16). The van der Waals surface area contributed by atoms with Crippen LogP contribution in [0.4, 0.5) is 5.69 Å². The maximum Gasteiger partial charge on any atom is 0.344 e. The van der Waals surface area contributed by atoms with E-state index in [-0.39, 0.29) is 15.6 Å². The Morgan fingerprint density at radius 2 is 1.94 bits per heavy atom. The van der Waals surface area contributed by atoms with Crippen molar-refractivity contribution in [1.82, 2.24) is 0 Å². The Balaban J connectivity index is 3.68. The number of hydrogen-bond donors (Lipinski definition) is 2. The van der Waals surface area contributed by atoms with Gasteiger partial charge in [-0.1, -0.05) is 23.2 Å². The molecule has 0 radical (unpaired) electrons. The molecule has 0 aromatic heterocycles. The molecule has 1 amide bonds. The molecule has 0 aliphatic rings. The zero-order valence-corrected chi connectivity index (χ0v) is 10.2. The number of carboxylic acids is 1. The zero-order chi connectivity index (χ0) is 14.0. The Labute approximate surface area is 110 Å². The third-order valence-electron chi connectivity index (χ3n) is 2.05. The predicted molar refractivity (Wildman–Crippen MR) is 63.0 cm³/mol. The Morgan fingerprint density at radius 3 is 2.33 bits per heavy atom. The number of benzene rings is 1. The van der Waals surface area contributed by atoms with Crippen LogP contribution in [0.25, 0.3) is 0 Å². The minimum absolute atomic E-state index is 0.185. The first kappa shape index (κ1) is 14.2. The van der Waals surface area contributed by atoms with Gasteiger partial charge in [-0.3, -0.25) is 14.9 Å². The molecule has 96 valence electrons. The van der Waals surface area contributed by atoms with Crippen molar-refractivity contribution in [2.75, 3.05) is 0 Å². The fourth-order valence-corrected chi connectivity index (χ4v) is 2.00. The highest BCUT2D eigenvalue weighted by Gasteiger charge is 2.30. The molecule has 0 saturated carbocycles. The van der Waals surface area contributed by atoms with Gasteiger partial charge in [0.1, 0.15) is 0 Å². The van der Waals surface area contributed by atoms with Crippen LogP contribution in [0, 0.1) is 10.1 Å². The minimum atomic E-state index is -1.59. The second-order valence-corrected chi connectivity index (χ2v) is 4.06. The third kappa shape index (κ3) is 2.69. The molecule has 0 fully saturated rings. The molecule has 1 aromatic rings. The Bertz CT molecular complexity index is 558. The van der Waals surface area contributed by atoms with Gasteiger partial charge < -0.3 is 10.8 Å². The molecule has 0 saturated heterocycles. The van der Waals surface area contributed by atoms with Gasteiger partial charge in [0.25, 0.3) is 5.69 Å². The summed E-state index contributed by atoms with van der Waals surface area (Å²) in [6.45, 7) is 0. The Morgan fingerprint density at radius 1 is 1.39 bits per heavy atom. The molecule has 1 aromatic carbocycles. The van der Waals surface area contributed by atoms with Crippen molar-refractivity contribution in [3.63, 3.8) is 0 Å². The average molecular weight is 293 g/mol. The fraction of sp³-hybridized carbons (Fsp3) is 0.111. The van der Waals surface area contributed by atoms with E-state index in [0.717, 1.165) is 6.07 Å². The number of rotatable bonds is 4. The summed E-state index contributed by atoms with van der Waals surface area (Å²) < 4.78 is 0. The number of carbonyl (C=O) groups excluding carboxylic acids is 1. The van der Waals surface area contributed by atoms with Gasteiger partial charge in [0.2, 0.25) is 5.91 Å². The molecular weight excluding hydrogens is 287 g/mol. The molecule has 0 bridgehead atoms. The van der Waals surface area contributed by atoms with Crippen molar-refractivity contribution in [3.05, 3.63) is 37.4 Å². The SMILES string of the molecule is NC(=O)Cc1c(Cl)cc(Cl)c(C(=O)O)c1[N+](=O)[O-]. The van der Waals surface area contributed by atoms with Crippen LogP contribution in [0.5, 0.6) is 0 Å². The topological polar surface area (TPSA) is 124 Å². The molecule has 18 heavy (non-hydrogen) atoms. The molecule has 0 aliphatic carbocycles. The number of nitrogens with two attached hydrogens (primary N) is 1. The van der Waals surface area contributed by atoms with Crippen molar-refractivity contribution in [1.29, 1.82) is 0 Å². The van der Waals surface area contributed by atoms with Crippen LogP contribution in [-0.2, 0) is 11.2 Å². The lowest BCUT2D eigenvalue weighted by Gasteiger charge is -2.08. The van der Waals surface area contributed by atoms with Crippen LogP contribution in [-0.4, -0.2) is 21.9 Å². The monoisotopic (exact) mass is 292 g/mol. The van der Waals surface area contributed by atoms with E-state index in [4.69, 9.17) is 34.0 Å². The molecule has 0 heterocycles. The summed E-state index contributed by atoms with van der Waals surface area (Å²) in [5.41, 5.74) is 3.12. The largest absolute Gasteiger partial charge is 0.477 e. The van der Waals surface area contributed by atoms with Gasteiger partial charge in [0.15, 0.2) is 5.56 Å². The molecule has 9 heteroatoms. The van der Waals surface area contributed by atoms with E-state index < -0.39 is 34.5 Å². The fourth-order valence-electron chi connectivity index (χ4n) is 1.39. The molecule has 7 nitrogen and oxygen atoms in total. The van der Waals surface area contributed by atoms with Gasteiger partial charge in [-0.25, -0.2) is 4.79 Å². The number of nitrogens with zero attached hydrogens (tertiary/aromatic N) is 1. The summed E-state index contributed by atoms with van der Waals surface area (Å²) in [5, 5.41) is 19.2. The summed E-state index contributed by atoms with van der Waals surface area (Å²) in [4.78, 5) is 31.7. The zero-order valence-electron chi connectivity index (χ0n) is 8.65. The molecule has 1 rings (SSSR count). The first-order chi connectivity index (χ1) is 8.25. The number of aromatic carboxylic acids is 1. The van der Waals surface area contributed by atoms with Gasteiger partial charge in [0.05, 0.1) is 27.0 Å². The van der Waals surface area contributed by atoms with Crippen molar-refractivity contribution in [2.24, 2.45) is 5.73 Å². The lowest BCUT2D eigenvalue weighted by molar-refractivity contribution is -0.385. The normalized spacial score (nSPS) is 10.1. The van der Waals surface area contributed by atoms with Crippen LogP contribution in [0.15, 0.2) is 6.07 Å². The summed E-state index contributed by atoms with van der Waals surface area (Å²) in [7, 11) is 0. The van der Waals surface area contributed by atoms with Crippen LogP contribution < -0.4 is 5.73 Å². The van der Waals surface area contributed by atoms with Gasteiger partial charge in [0, 0.05) is 0 Å². The molecule has 3 N–H and O–H groups in total. The van der Waals surface area contributed by atoms with E-state index in [1.54, 1.807) is 0 Å². The van der Waals surface area contributed by atoms with Crippen LogP contribution in [0.1, 0.15) is 15.9 Å². The number of halogens is 2. The molecular formula is C9H6Cl2N2O5. The molecule has 0 spiro atoms. The average Bonchev–Trinajstić information content (AvgIpc) is 2.19. The van der Waals surface area contributed by atoms with E-state index in [1.807, 2.05) is 0 Å². The first-order valence-electron chi connectivity index (χ1n) is 4.42. The Kier molecular flexibility index (Phi) is 4.10. The van der Waals surface area contributed by atoms with Crippen molar-refractivity contribution < 1.29 is 19.6 Å². The Hall–Kier alpha value is -1.86. The van der Waals surface area contributed by atoms with E-state index in [1.165, 1.54) is 0 Å². The number of nitro benzene ring substituents is 1. The number of primary amides is 1. The van der Waals surface area contributed by atoms with Gasteiger partial charge in [-0.2, -0.15) is 0 Å². The molecule has 0 unspecified atom stereocenters. The second kappa shape index (κ2) is 5.19. The second-order valence-electron chi connectivity index (χ2n) is 3.25. The van der Waals surface area contributed by atoms with Gasteiger partial charge >= 0.3 is 5.97 Å². The highest BCUT2D eigenvalue weighted by molar-refractivity contribution is 6.38. The van der Waals surface area contributed by atoms with E-state index in [2.05, 4.69) is 0 Å². The van der Waals surface area contributed by atoms with E-state index in [9.17, 15) is 19.7 Å². The highest BCUT2D eigenvalue weighted by Crippen LogP contribution is 2.36. The number of hydrogen-bond acceptors (Lipinski definition) is 4. The number of carboxylic acid groups (broad SMARTS) is 1. The summed E-state index contributed by atoms with van der Waals surface area (Å²) in [6, 6.07) is 1.03. The van der Waals surface area contributed by atoms with Crippen LogP contribution in [0.2, 0.25) is 10.0 Å². The summed E-state index contributed by atoms with van der Waals surface area (Å²) in [5.74, 6) is -2.47. The first-order valence-corrected chi connectivity index (χ1v) is 5.18. The number of nitro groups is 1. The van der Waals surface area contributed by atoms with E-state index >= 15 is 0 Å².